The molecule has 2 heterocycles. The Labute approximate surface area is 192 Å². The third-order valence-corrected chi connectivity index (χ3v) is 7.01. The highest BCUT2D eigenvalue weighted by atomic mass is 19.4. The molecule has 0 unspecified atom stereocenters. The highest BCUT2D eigenvalue weighted by Crippen LogP contribution is 2.40. The van der Waals surface area contributed by atoms with Gasteiger partial charge in [0, 0.05) is 39.1 Å². The molecule has 0 radical (unpaired) electrons. The number of halogens is 3. The summed E-state index contributed by atoms with van der Waals surface area (Å²) < 4.78 is 51.7. The smallest absolute Gasteiger partial charge is 0.416 e. The van der Waals surface area contributed by atoms with E-state index in [1.54, 1.807) is 11.0 Å². The van der Waals surface area contributed by atoms with E-state index < -0.39 is 17.2 Å². The molecule has 33 heavy (non-hydrogen) atoms. The Kier molecular flexibility index (Phi) is 6.71. The van der Waals surface area contributed by atoms with Crippen molar-refractivity contribution >= 4 is 5.91 Å². The van der Waals surface area contributed by atoms with E-state index >= 15 is 0 Å². The number of aryl methyl sites for hydroxylation is 2. The fourth-order valence-corrected chi connectivity index (χ4v) is 4.80. The van der Waals surface area contributed by atoms with Crippen LogP contribution in [0.25, 0.3) is 0 Å². The Bertz CT molecular complexity index is 991. The maximum atomic E-state index is 13.7. The topological polar surface area (TPSA) is 38.8 Å². The van der Waals surface area contributed by atoms with Crippen molar-refractivity contribution in [3.63, 3.8) is 0 Å². The molecule has 0 bridgehead atoms. The summed E-state index contributed by atoms with van der Waals surface area (Å²) in [6.45, 7) is 5.86. The molecule has 4 nitrogen and oxygen atoms in total. The summed E-state index contributed by atoms with van der Waals surface area (Å²) in [5, 5.41) is 0. The van der Waals surface area contributed by atoms with Gasteiger partial charge in [0.1, 0.15) is 11.9 Å². The predicted molar refractivity (Wildman–Crippen MR) is 119 cm³/mol. The van der Waals surface area contributed by atoms with Crippen LogP contribution in [0.15, 0.2) is 42.5 Å². The lowest BCUT2D eigenvalue weighted by atomic mass is 9.72. The largest absolute Gasteiger partial charge is 0.490 e. The zero-order valence-electron chi connectivity index (χ0n) is 19.1. The molecule has 2 aliphatic heterocycles. The van der Waals surface area contributed by atoms with Crippen molar-refractivity contribution in [2.24, 2.45) is 0 Å². The number of benzene rings is 2. The molecule has 4 rings (SSSR count). The molecule has 2 aromatic carbocycles. The zero-order valence-corrected chi connectivity index (χ0v) is 19.1. The first-order chi connectivity index (χ1) is 15.7. The van der Waals surface area contributed by atoms with Gasteiger partial charge in [-0.1, -0.05) is 24.3 Å². The third-order valence-electron chi connectivity index (χ3n) is 7.01. The number of carbonyl (C=O) groups is 1. The van der Waals surface area contributed by atoms with Crippen LogP contribution >= 0.6 is 0 Å². The monoisotopic (exact) mass is 461 g/mol. The van der Waals surface area contributed by atoms with Crippen LogP contribution in [-0.4, -0.2) is 43.2 Å². The van der Waals surface area contributed by atoms with Gasteiger partial charge in [0.2, 0.25) is 5.91 Å². The Hall–Kier alpha value is -2.54. The fraction of sp³-hybridized carbons (Fsp3) is 0.500. The van der Waals surface area contributed by atoms with Crippen LogP contribution in [-0.2, 0) is 21.1 Å². The van der Waals surface area contributed by atoms with Gasteiger partial charge in [-0.05, 0) is 61.6 Å². The van der Waals surface area contributed by atoms with E-state index in [0.717, 1.165) is 17.9 Å². The highest BCUT2D eigenvalue weighted by molar-refractivity contribution is 5.88. The molecule has 0 saturated carbocycles. The van der Waals surface area contributed by atoms with E-state index in [9.17, 15) is 18.0 Å². The predicted octanol–water partition coefficient (Wildman–Crippen LogP) is 5.44. The SMILES string of the molecule is Cc1ccc(OC2CCN(C(=O)C3(c4cccc(C(F)(F)F)c4)CCOCC3)CC2)cc1C. The summed E-state index contributed by atoms with van der Waals surface area (Å²) in [7, 11) is 0. The maximum absolute atomic E-state index is 13.7. The molecule has 2 saturated heterocycles. The van der Waals surface area contributed by atoms with Gasteiger partial charge in [-0.3, -0.25) is 4.79 Å². The number of likely N-dealkylation sites (tertiary alicyclic amines) is 1. The zero-order chi connectivity index (χ0) is 23.6. The van der Waals surface area contributed by atoms with Crippen molar-refractivity contribution in [2.75, 3.05) is 26.3 Å². The van der Waals surface area contributed by atoms with Gasteiger partial charge in [-0.25, -0.2) is 0 Å². The molecule has 0 aromatic heterocycles. The first-order valence-corrected chi connectivity index (χ1v) is 11.5. The maximum Gasteiger partial charge on any atom is 0.416 e. The van der Waals surface area contributed by atoms with Gasteiger partial charge in [-0.2, -0.15) is 13.2 Å². The normalized spacial score (nSPS) is 19.4. The number of hydrogen-bond acceptors (Lipinski definition) is 3. The van der Waals surface area contributed by atoms with E-state index in [1.165, 1.54) is 17.2 Å². The van der Waals surface area contributed by atoms with Gasteiger partial charge < -0.3 is 14.4 Å². The fourth-order valence-electron chi connectivity index (χ4n) is 4.80. The molecule has 0 aliphatic carbocycles. The Morgan fingerprint density at radius 3 is 2.36 bits per heavy atom. The second kappa shape index (κ2) is 9.37. The van der Waals surface area contributed by atoms with E-state index in [4.69, 9.17) is 9.47 Å². The summed E-state index contributed by atoms with van der Waals surface area (Å²) in [6, 6.07) is 11.3. The molecule has 0 spiro atoms. The standard InChI is InChI=1S/C26H30F3NO3/c1-18-6-7-23(16-19(18)2)33-22-8-12-30(13-9-22)24(31)25(10-14-32-15-11-25)20-4-3-5-21(17-20)26(27,28)29/h3-7,16-17,22H,8-15H2,1-2H3. The van der Waals surface area contributed by atoms with Crippen LogP contribution in [0.5, 0.6) is 5.75 Å². The van der Waals surface area contributed by atoms with Crippen molar-refractivity contribution in [2.45, 2.75) is 57.2 Å². The molecular weight excluding hydrogens is 431 g/mol. The molecule has 0 atom stereocenters. The molecular formula is C26H30F3NO3. The quantitative estimate of drug-likeness (QED) is 0.609. The van der Waals surface area contributed by atoms with Crippen LogP contribution in [0.4, 0.5) is 13.2 Å². The summed E-state index contributed by atoms with van der Waals surface area (Å²) in [4.78, 5) is 15.5. The Morgan fingerprint density at radius 1 is 1.03 bits per heavy atom. The van der Waals surface area contributed by atoms with E-state index in [0.29, 0.717) is 57.6 Å². The second-order valence-corrected chi connectivity index (χ2v) is 9.13. The second-order valence-electron chi connectivity index (χ2n) is 9.13. The van der Waals surface area contributed by atoms with Crippen LogP contribution in [0.2, 0.25) is 0 Å². The molecule has 1 amide bonds. The van der Waals surface area contributed by atoms with Gasteiger partial charge in [0.15, 0.2) is 0 Å². The average molecular weight is 462 g/mol. The summed E-state index contributed by atoms with van der Waals surface area (Å²) in [5.41, 5.74) is 1.10. The number of carbonyl (C=O) groups excluding carboxylic acids is 1. The molecule has 2 fully saturated rings. The minimum absolute atomic E-state index is 0.00959. The number of alkyl halides is 3. The lowest BCUT2D eigenvalue weighted by Crippen LogP contribution is -2.53. The molecule has 7 heteroatoms. The first-order valence-electron chi connectivity index (χ1n) is 11.5. The number of amides is 1. The van der Waals surface area contributed by atoms with Gasteiger partial charge in [-0.15, -0.1) is 0 Å². The number of piperidine rings is 1. The van der Waals surface area contributed by atoms with Crippen LogP contribution < -0.4 is 4.74 Å². The van der Waals surface area contributed by atoms with E-state index in [-0.39, 0.29) is 12.0 Å². The van der Waals surface area contributed by atoms with Crippen LogP contribution in [0, 0.1) is 13.8 Å². The number of nitrogens with zero attached hydrogens (tertiary/aromatic N) is 1. The summed E-state index contributed by atoms with van der Waals surface area (Å²) in [6.07, 6.45) is -2.30. The third kappa shape index (κ3) is 5.03. The van der Waals surface area contributed by atoms with Gasteiger partial charge in [0.25, 0.3) is 0 Å². The van der Waals surface area contributed by atoms with Crippen molar-refractivity contribution in [3.05, 3.63) is 64.7 Å². The Balaban J connectivity index is 1.49. The lowest BCUT2D eigenvalue weighted by Gasteiger charge is -2.42. The molecule has 2 aliphatic rings. The van der Waals surface area contributed by atoms with Crippen LogP contribution in [0.1, 0.15) is 47.9 Å². The summed E-state index contributed by atoms with van der Waals surface area (Å²) >= 11 is 0. The number of rotatable bonds is 4. The van der Waals surface area contributed by atoms with Crippen molar-refractivity contribution in [3.8, 4) is 5.75 Å². The number of hydrogen-bond donors (Lipinski definition) is 0. The van der Waals surface area contributed by atoms with E-state index in [1.807, 2.05) is 25.1 Å². The lowest BCUT2D eigenvalue weighted by molar-refractivity contribution is -0.144. The Morgan fingerprint density at radius 2 is 1.73 bits per heavy atom. The molecule has 0 N–H and O–H groups in total. The first kappa shape index (κ1) is 23.6. The highest BCUT2D eigenvalue weighted by Gasteiger charge is 2.45. The van der Waals surface area contributed by atoms with Gasteiger partial charge in [0.05, 0.1) is 11.0 Å². The molecule has 178 valence electrons. The van der Waals surface area contributed by atoms with Gasteiger partial charge >= 0.3 is 6.18 Å². The molecule has 2 aromatic rings. The summed E-state index contributed by atoms with van der Waals surface area (Å²) in [5.74, 6) is 0.725. The van der Waals surface area contributed by atoms with Crippen molar-refractivity contribution in [1.29, 1.82) is 0 Å². The average Bonchev–Trinajstić information content (AvgIpc) is 2.81. The van der Waals surface area contributed by atoms with Crippen molar-refractivity contribution < 1.29 is 27.4 Å². The van der Waals surface area contributed by atoms with Crippen molar-refractivity contribution in [1.82, 2.24) is 4.90 Å². The minimum Gasteiger partial charge on any atom is -0.490 e. The van der Waals surface area contributed by atoms with Crippen LogP contribution in [0.3, 0.4) is 0 Å². The van der Waals surface area contributed by atoms with E-state index in [2.05, 4.69) is 6.92 Å². The minimum atomic E-state index is -4.45. The number of ether oxygens (including phenoxy) is 2.